The molecule has 26 heavy (non-hydrogen) atoms. The number of ether oxygens (including phenoxy) is 1. The van der Waals surface area contributed by atoms with Crippen molar-refractivity contribution in [3.05, 3.63) is 74.7 Å². The van der Waals surface area contributed by atoms with Crippen molar-refractivity contribution < 1.29 is 4.74 Å². The smallest absolute Gasteiger partial charge is 0.216 e. The molecular formula is C19H19BrN4OS. The Balaban J connectivity index is 1.82. The highest BCUT2D eigenvalue weighted by Gasteiger charge is 2.07. The van der Waals surface area contributed by atoms with Crippen LogP contribution in [0.2, 0.25) is 0 Å². The summed E-state index contributed by atoms with van der Waals surface area (Å²) in [6, 6.07) is 15.9. The molecule has 0 atom stereocenters. The molecule has 1 N–H and O–H groups in total. The average molecular weight is 431 g/mol. The SMILES string of the molecule is CC(C)Oc1ccc(/C=N\n2c(Cc3ccccc3)n[nH]c2=S)cc1Br. The first-order chi connectivity index (χ1) is 12.5. The Labute approximate surface area is 165 Å². The predicted octanol–water partition coefficient (Wildman–Crippen LogP) is 4.96. The van der Waals surface area contributed by atoms with Gasteiger partial charge in [-0.2, -0.15) is 14.9 Å². The van der Waals surface area contributed by atoms with Crippen LogP contribution < -0.4 is 4.74 Å². The number of aromatic nitrogens is 3. The highest BCUT2D eigenvalue weighted by Crippen LogP contribution is 2.26. The Kier molecular flexibility index (Phi) is 6.00. The Morgan fingerprint density at radius 1 is 1.27 bits per heavy atom. The number of hydrogen-bond acceptors (Lipinski definition) is 4. The van der Waals surface area contributed by atoms with Crippen molar-refractivity contribution in [1.82, 2.24) is 14.9 Å². The number of rotatable bonds is 6. The zero-order valence-corrected chi connectivity index (χ0v) is 16.9. The van der Waals surface area contributed by atoms with Crippen molar-refractivity contribution in [3.8, 4) is 5.75 Å². The number of H-pyrrole nitrogens is 1. The van der Waals surface area contributed by atoms with Crippen LogP contribution in [0.25, 0.3) is 0 Å². The van der Waals surface area contributed by atoms with E-state index in [1.807, 2.05) is 50.2 Å². The van der Waals surface area contributed by atoms with E-state index in [0.29, 0.717) is 11.2 Å². The second kappa shape index (κ2) is 8.42. The van der Waals surface area contributed by atoms with Crippen LogP contribution in [0.3, 0.4) is 0 Å². The molecule has 5 nitrogen and oxygen atoms in total. The number of aromatic amines is 1. The Morgan fingerprint density at radius 3 is 2.73 bits per heavy atom. The quantitative estimate of drug-likeness (QED) is 0.443. The first-order valence-electron chi connectivity index (χ1n) is 8.23. The van der Waals surface area contributed by atoms with E-state index in [1.165, 1.54) is 0 Å². The highest BCUT2D eigenvalue weighted by atomic mass is 79.9. The van der Waals surface area contributed by atoms with E-state index in [9.17, 15) is 0 Å². The van der Waals surface area contributed by atoms with E-state index >= 15 is 0 Å². The van der Waals surface area contributed by atoms with Gasteiger partial charge in [-0.3, -0.25) is 5.10 Å². The standard InChI is InChI=1S/C19H19BrN4OS/c1-13(2)25-17-9-8-15(10-16(17)20)12-21-24-18(22-23-19(24)26)11-14-6-4-3-5-7-14/h3-10,12-13H,11H2,1-2H3,(H,23,26)/b21-12-. The molecule has 7 heteroatoms. The van der Waals surface area contributed by atoms with Crippen LogP contribution in [-0.2, 0) is 6.42 Å². The monoisotopic (exact) mass is 430 g/mol. The van der Waals surface area contributed by atoms with Crippen LogP contribution >= 0.6 is 28.1 Å². The van der Waals surface area contributed by atoms with Gasteiger partial charge in [0.05, 0.1) is 16.8 Å². The largest absolute Gasteiger partial charge is 0.490 e. The summed E-state index contributed by atoms with van der Waals surface area (Å²) in [7, 11) is 0. The van der Waals surface area contributed by atoms with E-state index in [-0.39, 0.29) is 6.10 Å². The van der Waals surface area contributed by atoms with Gasteiger partial charge in [-0.15, -0.1) is 0 Å². The van der Waals surface area contributed by atoms with Gasteiger partial charge in [0.1, 0.15) is 5.75 Å². The topological polar surface area (TPSA) is 55.2 Å². The second-order valence-corrected chi connectivity index (χ2v) is 7.26. The molecule has 0 aliphatic rings. The Hall–Kier alpha value is -2.25. The zero-order chi connectivity index (χ0) is 18.5. The Morgan fingerprint density at radius 2 is 2.04 bits per heavy atom. The average Bonchev–Trinajstić information content (AvgIpc) is 2.95. The number of nitrogens with zero attached hydrogens (tertiary/aromatic N) is 3. The maximum atomic E-state index is 5.73. The summed E-state index contributed by atoms with van der Waals surface area (Å²) in [6.07, 6.45) is 2.52. The molecule has 3 aromatic rings. The summed E-state index contributed by atoms with van der Waals surface area (Å²) in [4.78, 5) is 0. The fourth-order valence-corrected chi connectivity index (χ4v) is 3.10. The molecule has 0 radical (unpaired) electrons. The van der Waals surface area contributed by atoms with Gasteiger partial charge >= 0.3 is 0 Å². The minimum atomic E-state index is 0.121. The van der Waals surface area contributed by atoms with Gasteiger partial charge in [0.2, 0.25) is 4.77 Å². The normalized spacial score (nSPS) is 11.4. The summed E-state index contributed by atoms with van der Waals surface area (Å²) >= 11 is 8.84. The third-order valence-electron chi connectivity index (χ3n) is 3.56. The minimum absolute atomic E-state index is 0.121. The summed E-state index contributed by atoms with van der Waals surface area (Å²) in [5.41, 5.74) is 2.08. The number of benzene rings is 2. The molecule has 0 spiro atoms. The van der Waals surface area contributed by atoms with Gasteiger partial charge in [0, 0.05) is 6.42 Å². The van der Waals surface area contributed by atoms with Crippen molar-refractivity contribution in [2.75, 3.05) is 0 Å². The second-order valence-electron chi connectivity index (χ2n) is 6.02. The van der Waals surface area contributed by atoms with Gasteiger partial charge in [-0.05, 0) is 71.3 Å². The number of hydrogen-bond donors (Lipinski definition) is 1. The molecule has 1 heterocycles. The highest BCUT2D eigenvalue weighted by molar-refractivity contribution is 9.10. The third kappa shape index (κ3) is 4.68. The van der Waals surface area contributed by atoms with Gasteiger partial charge in [-0.1, -0.05) is 30.3 Å². The lowest BCUT2D eigenvalue weighted by Gasteiger charge is -2.11. The fourth-order valence-electron chi connectivity index (χ4n) is 2.41. The zero-order valence-electron chi connectivity index (χ0n) is 14.5. The lowest BCUT2D eigenvalue weighted by Crippen LogP contribution is -2.06. The van der Waals surface area contributed by atoms with E-state index in [2.05, 4.69) is 43.4 Å². The first kappa shape index (κ1) is 18.5. The van der Waals surface area contributed by atoms with Gasteiger partial charge < -0.3 is 4.74 Å². The first-order valence-corrected chi connectivity index (χ1v) is 9.44. The Bertz CT molecular complexity index is 963. The summed E-state index contributed by atoms with van der Waals surface area (Å²) in [6.45, 7) is 3.99. The molecule has 0 amide bonds. The maximum absolute atomic E-state index is 5.73. The van der Waals surface area contributed by atoms with Crippen LogP contribution in [0, 0.1) is 4.77 Å². The van der Waals surface area contributed by atoms with Gasteiger partial charge in [-0.25, -0.2) is 0 Å². The van der Waals surface area contributed by atoms with Crippen LogP contribution in [0.5, 0.6) is 5.75 Å². The number of halogens is 1. The summed E-state index contributed by atoms with van der Waals surface area (Å²) < 4.78 is 8.72. The van der Waals surface area contributed by atoms with Crippen molar-refractivity contribution in [3.63, 3.8) is 0 Å². The third-order valence-corrected chi connectivity index (χ3v) is 4.45. The molecule has 2 aromatic carbocycles. The van der Waals surface area contributed by atoms with E-state index in [0.717, 1.165) is 27.2 Å². The van der Waals surface area contributed by atoms with Gasteiger partial charge in [0.25, 0.3) is 0 Å². The molecule has 0 saturated heterocycles. The minimum Gasteiger partial charge on any atom is -0.490 e. The molecule has 0 bridgehead atoms. The maximum Gasteiger partial charge on any atom is 0.216 e. The van der Waals surface area contributed by atoms with Crippen LogP contribution in [0.1, 0.15) is 30.8 Å². The summed E-state index contributed by atoms with van der Waals surface area (Å²) in [5, 5.41) is 11.6. The molecule has 1 aromatic heterocycles. The fraction of sp³-hybridized carbons (Fsp3) is 0.211. The molecular weight excluding hydrogens is 412 g/mol. The van der Waals surface area contributed by atoms with E-state index in [1.54, 1.807) is 10.9 Å². The van der Waals surface area contributed by atoms with Crippen molar-refractivity contribution in [1.29, 1.82) is 0 Å². The van der Waals surface area contributed by atoms with Crippen molar-refractivity contribution >= 4 is 34.4 Å². The molecule has 0 saturated carbocycles. The van der Waals surface area contributed by atoms with Crippen molar-refractivity contribution in [2.24, 2.45) is 5.10 Å². The van der Waals surface area contributed by atoms with E-state index < -0.39 is 0 Å². The van der Waals surface area contributed by atoms with Crippen LogP contribution in [-0.4, -0.2) is 27.2 Å². The predicted molar refractivity (Wildman–Crippen MR) is 110 cm³/mol. The van der Waals surface area contributed by atoms with Crippen LogP contribution in [0.15, 0.2) is 58.1 Å². The van der Waals surface area contributed by atoms with Crippen LogP contribution in [0.4, 0.5) is 0 Å². The molecule has 0 aliphatic carbocycles. The molecule has 0 aliphatic heterocycles. The van der Waals surface area contributed by atoms with Gasteiger partial charge in [0.15, 0.2) is 5.82 Å². The molecule has 0 fully saturated rings. The lowest BCUT2D eigenvalue weighted by molar-refractivity contribution is 0.241. The summed E-state index contributed by atoms with van der Waals surface area (Å²) in [5.74, 6) is 1.57. The number of nitrogens with one attached hydrogen (secondary N) is 1. The van der Waals surface area contributed by atoms with Crippen molar-refractivity contribution in [2.45, 2.75) is 26.4 Å². The molecule has 134 valence electrons. The lowest BCUT2D eigenvalue weighted by atomic mass is 10.1. The van der Waals surface area contributed by atoms with E-state index in [4.69, 9.17) is 17.0 Å². The molecule has 3 rings (SSSR count). The molecule has 0 unspecified atom stereocenters.